The highest BCUT2D eigenvalue weighted by molar-refractivity contribution is 5.34. The Bertz CT molecular complexity index is 363. The van der Waals surface area contributed by atoms with E-state index >= 15 is 0 Å². The van der Waals surface area contributed by atoms with Crippen molar-refractivity contribution in [2.75, 3.05) is 0 Å². The van der Waals surface area contributed by atoms with Crippen LogP contribution in [0.4, 0.5) is 23.2 Å². The van der Waals surface area contributed by atoms with Crippen molar-refractivity contribution in [1.29, 1.82) is 0 Å². The summed E-state index contributed by atoms with van der Waals surface area (Å²) in [6.45, 7) is 0. The molecular formula is C8H5F4NO2. The normalized spacial score (nSPS) is 11.8. The minimum atomic E-state index is -4.28. The van der Waals surface area contributed by atoms with E-state index in [1.165, 1.54) is 0 Å². The molecule has 0 heterocycles. The molecule has 0 atom stereocenters. The molecule has 0 spiro atoms. The van der Waals surface area contributed by atoms with E-state index in [2.05, 4.69) is 0 Å². The maximum Gasteiger partial charge on any atom is 0.332 e. The van der Waals surface area contributed by atoms with Gasteiger partial charge in [-0.1, -0.05) is 0 Å². The van der Waals surface area contributed by atoms with Crippen molar-refractivity contribution in [1.82, 2.24) is 0 Å². The second kappa shape index (κ2) is 3.84. The van der Waals surface area contributed by atoms with Crippen molar-refractivity contribution < 1.29 is 22.5 Å². The summed E-state index contributed by atoms with van der Waals surface area (Å²) in [4.78, 5) is 9.36. The molecule has 0 saturated carbocycles. The second-order valence-corrected chi connectivity index (χ2v) is 2.73. The molecule has 0 bridgehead atoms. The smallest absolute Gasteiger partial charge is 0.258 e. The van der Waals surface area contributed by atoms with Gasteiger partial charge in [0.25, 0.3) is 5.69 Å². The summed E-state index contributed by atoms with van der Waals surface area (Å²) in [6, 6.07) is 2.74. The van der Waals surface area contributed by atoms with Crippen LogP contribution in [0, 0.1) is 10.1 Å². The van der Waals surface area contributed by atoms with Crippen LogP contribution in [0.2, 0.25) is 0 Å². The fourth-order valence-electron chi connectivity index (χ4n) is 0.931. The third-order valence-electron chi connectivity index (χ3n) is 1.74. The van der Waals surface area contributed by atoms with Crippen molar-refractivity contribution in [3.63, 3.8) is 0 Å². The molecule has 0 aliphatic carbocycles. The quantitative estimate of drug-likeness (QED) is 0.449. The predicted molar refractivity (Wildman–Crippen MR) is 43.0 cm³/mol. The maximum atomic E-state index is 12.7. The molecule has 0 saturated heterocycles. The number of hydrogen-bond acceptors (Lipinski definition) is 2. The molecule has 1 aromatic carbocycles. The van der Waals surface area contributed by atoms with Gasteiger partial charge in [-0.25, -0.2) is 8.78 Å². The van der Waals surface area contributed by atoms with E-state index < -0.39 is 28.5 Å². The number of benzene rings is 1. The van der Waals surface area contributed by atoms with Crippen LogP contribution < -0.4 is 0 Å². The molecule has 0 fully saturated rings. The Kier molecular flexibility index (Phi) is 2.92. The van der Waals surface area contributed by atoms with E-state index in [0.29, 0.717) is 12.1 Å². The Labute approximate surface area is 81.5 Å². The summed E-state index contributed by atoms with van der Waals surface area (Å²) >= 11 is 0. The van der Waals surface area contributed by atoms with Gasteiger partial charge in [0.2, 0.25) is 0 Å². The molecule has 0 aliphatic rings. The average Bonchev–Trinajstić information content (AvgIpc) is 2.17. The molecule has 0 aromatic heterocycles. The number of nitro benzene ring substituents is 1. The third kappa shape index (κ3) is 2.23. The molecule has 0 N–H and O–H groups in total. The Hall–Kier alpha value is -1.66. The first-order valence-corrected chi connectivity index (χ1v) is 3.76. The number of nitro groups is 1. The lowest BCUT2D eigenvalue weighted by Gasteiger charge is -2.14. The summed E-state index contributed by atoms with van der Waals surface area (Å²) in [7, 11) is 0. The molecule has 7 heteroatoms. The van der Waals surface area contributed by atoms with Crippen LogP contribution in [-0.4, -0.2) is 11.3 Å². The van der Waals surface area contributed by atoms with Crippen LogP contribution in [0.25, 0.3) is 0 Å². The molecule has 1 aromatic rings. The highest BCUT2D eigenvalue weighted by Gasteiger charge is 2.42. The van der Waals surface area contributed by atoms with Gasteiger partial charge in [-0.15, -0.1) is 0 Å². The minimum Gasteiger partial charge on any atom is -0.258 e. The van der Waals surface area contributed by atoms with E-state index in [4.69, 9.17) is 0 Å². The average molecular weight is 223 g/mol. The minimum absolute atomic E-state index is 0.427. The zero-order valence-electron chi connectivity index (χ0n) is 7.16. The summed E-state index contributed by atoms with van der Waals surface area (Å²) in [5, 5.41) is 10.2. The van der Waals surface area contributed by atoms with E-state index in [9.17, 15) is 27.7 Å². The predicted octanol–water partition coefficient (Wildman–Crippen LogP) is 2.95. The number of halogens is 4. The van der Waals surface area contributed by atoms with Gasteiger partial charge in [0, 0.05) is 17.7 Å². The number of hydrogen-bond donors (Lipinski definition) is 0. The van der Waals surface area contributed by atoms with Gasteiger partial charge in [-0.2, -0.15) is 8.78 Å². The SMILES string of the molecule is O=[N+]([O-])c1ccc(C(F)(F)C(F)F)cc1. The van der Waals surface area contributed by atoms with Gasteiger partial charge in [-0.05, 0) is 12.1 Å². The first kappa shape index (κ1) is 11.4. The fourth-order valence-corrected chi connectivity index (χ4v) is 0.931. The number of nitrogens with zero attached hydrogens (tertiary/aromatic N) is 1. The van der Waals surface area contributed by atoms with Gasteiger partial charge in [0.05, 0.1) is 4.92 Å². The van der Waals surface area contributed by atoms with Crippen LogP contribution in [0.5, 0.6) is 0 Å². The molecule has 0 radical (unpaired) electrons. The van der Waals surface area contributed by atoms with Crippen LogP contribution in [0.15, 0.2) is 24.3 Å². The Morgan fingerprint density at radius 1 is 1.20 bits per heavy atom. The first-order chi connectivity index (χ1) is 6.85. The number of alkyl halides is 4. The van der Waals surface area contributed by atoms with Crippen LogP contribution in [0.3, 0.4) is 0 Å². The topological polar surface area (TPSA) is 43.1 Å². The summed E-state index contributed by atoms with van der Waals surface area (Å²) in [5.74, 6) is -4.28. The standard InChI is InChI=1S/C8H5F4NO2/c9-7(10)8(11,12)5-1-3-6(4-2-5)13(14)15/h1-4,7H. The summed E-state index contributed by atoms with van der Waals surface area (Å²) in [6.07, 6.45) is -3.83. The van der Waals surface area contributed by atoms with Gasteiger partial charge in [0.15, 0.2) is 0 Å². The maximum absolute atomic E-state index is 12.7. The highest BCUT2D eigenvalue weighted by Crippen LogP contribution is 2.34. The van der Waals surface area contributed by atoms with Crippen molar-refractivity contribution in [2.24, 2.45) is 0 Å². The lowest BCUT2D eigenvalue weighted by Crippen LogP contribution is -2.23. The van der Waals surface area contributed by atoms with E-state index in [1.807, 2.05) is 0 Å². The summed E-state index contributed by atoms with van der Waals surface area (Å²) in [5.41, 5.74) is -1.37. The van der Waals surface area contributed by atoms with Gasteiger partial charge in [-0.3, -0.25) is 10.1 Å². The number of non-ortho nitro benzene ring substituents is 1. The highest BCUT2D eigenvalue weighted by atomic mass is 19.3. The molecule has 15 heavy (non-hydrogen) atoms. The van der Waals surface area contributed by atoms with Crippen molar-refractivity contribution in [3.05, 3.63) is 39.9 Å². The molecule has 1 rings (SSSR count). The van der Waals surface area contributed by atoms with Crippen LogP contribution in [-0.2, 0) is 5.92 Å². The van der Waals surface area contributed by atoms with Crippen molar-refractivity contribution >= 4 is 5.69 Å². The molecule has 0 amide bonds. The van der Waals surface area contributed by atoms with E-state index in [-0.39, 0.29) is 0 Å². The molecule has 0 unspecified atom stereocenters. The Morgan fingerprint density at radius 3 is 2.00 bits per heavy atom. The zero-order valence-corrected chi connectivity index (χ0v) is 7.16. The number of rotatable bonds is 3. The van der Waals surface area contributed by atoms with Gasteiger partial charge in [0.1, 0.15) is 0 Å². The van der Waals surface area contributed by atoms with Crippen molar-refractivity contribution in [2.45, 2.75) is 12.3 Å². The first-order valence-electron chi connectivity index (χ1n) is 3.76. The zero-order chi connectivity index (χ0) is 11.6. The van der Waals surface area contributed by atoms with Gasteiger partial charge >= 0.3 is 12.3 Å². The molecule has 82 valence electrons. The van der Waals surface area contributed by atoms with Crippen LogP contribution >= 0.6 is 0 Å². The Balaban J connectivity index is 3.04. The van der Waals surface area contributed by atoms with E-state index in [0.717, 1.165) is 12.1 Å². The monoisotopic (exact) mass is 223 g/mol. The largest absolute Gasteiger partial charge is 0.332 e. The molecular weight excluding hydrogens is 218 g/mol. The lowest BCUT2D eigenvalue weighted by atomic mass is 10.1. The van der Waals surface area contributed by atoms with Gasteiger partial charge < -0.3 is 0 Å². The molecule has 0 aliphatic heterocycles. The fraction of sp³-hybridized carbons (Fsp3) is 0.250. The Morgan fingerprint density at radius 2 is 1.67 bits per heavy atom. The van der Waals surface area contributed by atoms with Crippen LogP contribution in [0.1, 0.15) is 5.56 Å². The van der Waals surface area contributed by atoms with E-state index in [1.54, 1.807) is 0 Å². The third-order valence-corrected chi connectivity index (χ3v) is 1.74. The summed E-state index contributed by atoms with van der Waals surface area (Å²) < 4.78 is 49.1. The van der Waals surface area contributed by atoms with Crippen molar-refractivity contribution in [3.8, 4) is 0 Å². The second-order valence-electron chi connectivity index (χ2n) is 2.73. The molecule has 3 nitrogen and oxygen atoms in total. The lowest BCUT2D eigenvalue weighted by molar-refractivity contribution is -0.384.